The van der Waals surface area contributed by atoms with Crippen molar-refractivity contribution < 1.29 is 29.1 Å². The second kappa shape index (κ2) is 7.17. The molecule has 26 heavy (non-hydrogen) atoms. The van der Waals surface area contributed by atoms with Crippen LogP contribution in [-0.2, 0) is 11.3 Å². The number of aromatic nitrogens is 1. The molecular weight excluding hydrogens is 353 g/mol. The highest BCUT2D eigenvalue weighted by Crippen LogP contribution is 2.35. The van der Waals surface area contributed by atoms with Gasteiger partial charge < -0.3 is 20.1 Å². The molecule has 0 spiro atoms. The Balaban J connectivity index is 2.86. The SMILES string of the molecule is CCn1cc(C(=O)O)c(=O)c2cc(F)c(NCCC(=O)O)c([N+](=O)[O-])c21. The van der Waals surface area contributed by atoms with Gasteiger partial charge in [-0.05, 0) is 13.0 Å². The second-order valence-electron chi connectivity index (χ2n) is 5.27. The largest absolute Gasteiger partial charge is 0.481 e. The van der Waals surface area contributed by atoms with Crippen LogP contribution < -0.4 is 10.7 Å². The number of hydrogen-bond acceptors (Lipinski definition) is 6. The Morgan fingerprint density at radius 2 is 2.04 bits per heavy atom. The van der Waals surface area contributed by atoms with Crippen molar-refractivity contribution in [1.29, 1.82) is 0 Å². The highest BCUT2D eigenvalue weighted by molar-refractivity contribution is 5.98. The summed E-state index contributed by atoms with van der Waals surface area (Å²) >= 11 is 0. The molecule has 0 aliphatic rings. The van der Waals surface area contributed by atoms with Crippen LogP contribution in [0.3, 0.4) is 0 Å². The Hall–Kier alpha value is -3.50. The summed E-state index contributed by atoms with van der Waals surface area (Å²) in [6.45, 7) is 1.38. The summed E-state index contributed by atoms with van der Waals surface area (Å²) in [5.41, 5.74) is -3.25. The first kappa shape index (κ1) is 18.8. The number of aryl methyl sites for hydroxylation is 1. The van der Waals surface area contributed by atoms with Crippen LogP contribution in [0, 0.1) is 15.9 Å². The average Bonchev–Trinajstić information content (AvgIpc) is 2.55. The molecule has 0 aliphatic heterocycles. The van der Waals surface area contributed by atoms with Gasteiger partial charge >= 0.3 is 17.6 Å². The van der Waals surface area contributed by atoms with Crippen molar-refractivity contribution in [3.63, 3.8) is 0 Å². The van der Waals surface area contributed by atoms with Crippen molar-refractivity contribution in [3.8, 4) is 0 Å². The Labute approximate surface area is 144 Å². The summed E-state index contributed by atoms with van der Waals surface area (Å²) < 4.78 is 15.6. The number of carbonyl (C=O) groups is 2. The van der Waals surface area contributed by atoms with E-state index in [9.17, 15) is 28.9 Å². The Morgan fingerprint density at radius 1 is 1.38 bits per heavy atom. The quantitative estimate of drug-likeness (QED) is 0.493. The lowest BCUT2D eigenvalue weighted by molar-refractivity contribution is -0.382. The number of halogens is 1. The molecule has 1 heterocycles. The van der Waals surface area contributed by atoms with E-state index in [1.54, 1.807) is 6.92 Å². The van der Waals surface area contributed by atoms with Gasteiger partial charge in [-0.2, -0.15) is 0 Å². The zero-order valence-electron chi connectivity index (χ0n) is 13.5. The fraction of sp³-hybridized carbons (Fsp3) is 0.267. The average molecular weight is 367 g/mol. The first-order valence-corrected chi connectivity index (χ1v) is 7.42. The van der Waals surface area contributed by atoms with Gasteiger partial charge in [0, 0.05) is 19.3 Å². The van der Waals surface area contributed by atoms with E-state index in [0.29, 0.717) is 6.07 Å². The van der Waals surface area contributed by atoms with E-state index >= 15 is 0 Å². The van der Waals surface area contributed by atoms with E-state index in [4.69, 9.17) is 10.2 Å². The van der Waals surface area contributed by atoms with Crippen molar-refractivity contribution >= 4 is 34.2 Å². The number of carboxylic acids is 2. The number of anilines is 1. The molecule has 2 rings (SSSR count). The number of nitrogens with zero attached hydrogens (tertiary/aromatic N) is 2. The van der Waals surface area contributed by atoms with Crippen molar-refractivity contribution in [2.75, 3.05) is 11.9 Å². The van der Waals surface area contributed by atoms with Gasteiger partial charge in [-0.15, -0.1) is 0 Å². The van der Waals surface area contributed by atoms with Crippen molar-refractivity contribution in [3.05, 3.63) is 44.0 Å². The molecule has 0 fully saturated rings. The number of benzene rings is 1. The second-order valence-corrected chi connectivity index (χ2v) is 5.27. The summed E-state index contributed by atoms with van der Waals surface area (Å²) in [4.78, 5) is 44.7. The number of rotatable bonds is 7. The number of nitrogens with one attached hydrogen (secondary N) is 1. The normalized spacial score (nSPS) is 10.7. The molecular formula is C15H14FN3O7. The first-order valence-electron chi connectivity index (χ1n) is 7.42. The number of pyridine rings is 1. The summed E-state index contributed by atoms with van der Waals surface area (Å²) in [7, 11) is 0. The predicted octanol–water partition coefficient (Wildman–Crippen LogP) is 1.65. The molecule has 0 saturated heterocycles. The minimum absolute atomic E-state index is 0.0814. The van der Waals surface area contributed by atoms with Crippen LogP contribution in [0.15, 0.2) is 17.1 Å². The number of fused-ring (bicyclic) bond motifs is 1. The maximum atomic E-state index is 14.4. The molecule has 0 amide bonds. The van der Waals surface area contributed by atoms with Gasteiger partial charge in [0.1, 0.15) is 11.1 Å². The minimum Gasteiger partial charge on any atom is -0.481 e. The Bertz CT molecular complexity index is 984. The number of carboxylic acid groups (broad SMARTS) is 2. The van der Waals surface area contributed by atoms with Gasteiger partial charge in [0.2, 0.25) is 5.43 Å². The maximum absolute atomic E-state index is 14.4. The molecule has 0 radical (unpaired) electrons. The molecule has 10 nitrogen and oxygen atoms in total. The van der Waals surface area contributed by atoms with Gasteiger partial charge in [0.15, 0.2) is 11.5 Å². The topological polar surface area (TPSA) is 152 Å². The first-order chi connectivity index (χ1) is 12.2. The fourth-order valence-corrected chi connectivity index (χ4v) is 2.56. The molecule has 11 heteroatoms. The van der Waals surface area contributed by atoms with Crippen LogP contribution in [0.25, 0.3) is 10.9 Å². The van der Waals surface area contributed by atoms with Crippen LogP contribution in [0.4, 0.5) is 15.8 Å². The van der Waals surface area contributed by atoms with Crippen molar-refractivity contribution in [1.82, 2.24) is 4.57 Å². The Kier molecular flexibility index (Phi) is 5.19. The predicted molar refractivity (Wildman–Crippen MR) is 88.2 cm³/mol. The molecule has 0 atom stereocenters. The Morgan fingerprint density at radius 3 is 2.54 bits per heavy atom. The third-order valence-corrected chi connectivity index (χ3v) is 3.68. The van der Waals surface area contributed by atoms with Crippen LogP contribution in [0.1, 0.15) is 23.7 Å². The van der Waals surface area contributed by atoms with Crippen LogP contribution in [-0.4, -0.2) is 38.2 Å². The van der Waals surface area contributed by atoms with Crippen molar-refractivity contribution in [2.24, 2.45) is 0 Å². The number of aliphatic carboxylic acids is 1. The third kappa shape index (κ3) is 3.31. The van der Waals surface area contributed by atoms with Gasteiger partial charge in [0.25, 0.3) is 0 Å². The van der Waals surface area contributed by atoms with Crippen LogP contribution in [0.5, 0.6) is 0 Å². The number of aromatic carboxylic acids is 1. The summed E-state index contributed by atoms with van der Waals surface area (Å²) in [5, 5.41) is 31.2. The molecule has 1 aromatic heterocycles. The number of nitro benzene ring substituents is 1. The van der Waals surface area contributed by atoms with E-state index in [2.05, 4.69) is 5.32 Å². The lowest BCUT2D eigenvalue weighted by atomic mass is 10.1. The fourth-order valence-electron chi connectivity index (χ4n) is 2.56. The van der Waals surface area contributed by atoms with Crippen LogP contribution in [0.2, 0.25) is 0 Å². The molecule has 0 unspecified atom stereocenters. The third-order valence-electron chi connectivity index (χ3n) is 3.68. The van der Waals surface area contributed by atoms with Crippen LogP contribution >= 0.6 is 0 Å². The van der Waals surface area contributed by atoms with E-state index in [-0.39, 0.29) is 18.6 Å². The monoisotopic (exact) mass is 367 g/mol. The lowest BCUT2D eigenvalue weighted by Crippen LogP contribution is -2.20. The minimum atomic E-state index is -1.54. The molecule has 0 bridgehead atoms. The van der Waals surface area contributed by atoms with E-state index in [1.807, 2.05) is 0 Å². The number of hydrogen-bond donors (Lipinski definition) is 3. The lowest BCUT2D eigenvalue weighted by Gasteiger charge is -2.14. The molecule has 0 aliphatic carbocycles. The van der Waals surface area contributed by atoms with Gasteiger partial charge in [-0.3, -0.25) is 19.7 Å². The van der Waals surface area contributed by atoms with Gasteiger partial charge in [-0.25, -0.2) is 9.18 Å². The molecule has 0 saturated carbocycles. The summed E-state index contributed by atoms with van der Waals surface area (Å²) in [5.74, 6) is -3.87. The highest BCUT2D eigenvalue weighted by atomic mass is 19.1. The zero-order chi connectivity index (χ0) is 19.6. The molecule has 1 aromatic carbocycles. The molecule has 138 valence electrons. The van der Waals surface area contributed by atoms with E-state index < -0.39 is 56.9 Å². The smallest absolute Gasteiger partial charge is 0.341 e. The van der Waals surface area contributed by atoms with Gasteiger partial charge in [-0.1, -0.05) is 0 Å². The highest BCUT2D eigenvalue weighted by Gasteiger charge is 2.28. The van der Waals surface area contributed by atoms with E-state index in [0.717, 1.165) is 6.20 Å². The number of nitro groups is 1. The van der Waals surface area contributed by atoms with Gasteiger partial charge in [0.05, 0.1) is 16.7 Å². The maximum Gasteiger partial charge on any atom is 0.341 e. The molecule has 3 N–H and O–H groups in total. The van der Waals surface area contributed by atoms with E-state index in [1.165, 1.54) is 4.57 Å². The zero-order valence-corrected chi connectivity index (χ0v) is 13.5. The van der Waals surface area contributed by atoms with Crippen molar-refractivity contribution in [2.45, 2.75) is 19.9 Å². The molecule has 2 aromatic rings. The summed E-state index contributed by atoms with van der Waals surface area (Å²) in [6, 6.07) is 0.715. The standard InChI is InChI=1S/C15H14FN3O7/c1-2-18-6-8(15(23)24)14(22)7-5-9(16)11(17-4-3-10(20)21)13(12(7)18)19(25)26/h5-6,17H,2-4H2,1H3,(H,20,21)(H,23,24). The summed E-state index contributed by atoms with van der Waals surface area (Å²) in [6.07, 6.45) is 0.548.